The Hall–Kier alpha value is -2.04. The third kappa shape index (κ3) is 5.47. The molecule has 2 aromatic carbocycles. The van der Waals surface area contributed by atoms with E-state index in [9.17, 15) is 0 Å². The third-order valence-electron chi connectivity index (χ3n) is 5.41. The van der Waals surface area contributed by atoms with Crippen LogP contribution in [0.3, 0.4) is 0 Å². The Labute approximate surface area is 165 Å². The molecule has 0 amide bonds. The van der Waals surface area contributed by atoms with Crippen LogP contribution in [0.15, 0.2) is 54.6 Å². The molecular weight excluding hydrogens is 352 g/mol. The fourth-order valence-electron chi connectivity index (χ4n) is 3.30. The van der Waals surface area contributed by atoms with Crippen molar-refractivity contribution in [3.8, 4) is 11.5 Å². The minimum absolute atomic E-state index is 0.648. The van der Waals surface area contributed by atoms with Crippen LogP contribution in [0.4, 0.5) is 0 Å². The molecule has 146 valence electrons. The van der Waals surface area contributed by atoms with Gasteiger partial charge in [0.25, 0.3) is 0 Å². The van der Waals surface area contributed by atoms with Crippen LogP contribution in [0.1, 0.15) is 31.9 Å². The maximum Gasteiger partial charge on any atom is 0.192 e. The average molecular weight is 385 g/mol. The highest BCUT2D eigenvalue weighted by Gasteiger charge is 2.28. The Morgan fingerprint density at radius 1 is 0.741 bits per heavy atom. The van der Waals surface area contributed by atoms with Crippen molar-refractivity contribution in [2.75, 3.05) is 20.8 Å². The molecule has 0 bridgehead atoms. The molecule has 0 fully saturated rings. The van der Waals surface area contributed by atoms with Crippen LogP contribution < -0.4 is 9.47 Å². The van der Waals surface area contributed by atoms with Crippen molar-refractivity contribution in [3.05, 3.63) is 65.7 Å². The van der Waals surface area contributed by atoms with Crippen LogP contribution in [0.5, 0.6) is 11.5 Å². The maximum absolute atomic E-state index is 6.45. The zero-order chi connectivity index (χ0) is 19.7. The average Bonchev–Trinajstić information content (AvgIpc) is 2.75. The molecule has 0 heterocycles. The Morgan fingerprint density at radius 2 is 1.15 bits per heavy atom. The van der Waals surface area contributed by atoms with Gasteiger partial charge in [-0.15, -0.1) is 0 Å². The van der Waals surface area contributed by atoms with E-state index in [1.165, 1.54) is 5.57 Å². The van der Waals surface area contributed by atoms with E-state index in [1.807, 2.05) is 24.3 Å². The topological polar surface area (TPSA) is 27.7 Å². The van der Waals surface area contributed by atoms with Gasteiger partial charge < -0.3 is 13.9 Å². The van der Waals surface area contributed by atoms with Crippen LogP contribution >= 0.6 is 0 Å². The quantitative estimate of drug-likeness (QED) is 0.459. The molecule has 0 saturated heterocycles. The normalized spacial score (nSPS) is 11.1. The first-order chi connectivity index (χ1) is 13.1. The molecule has 3 nitrogen and oxygen atoms in total. The van der Waals surface area contributed by atoms with Crippen molar-refractivity contribution in [3.63, 3.8) is 0 Å². The number of rotatable bonds is 10. The number of methoxy groups -OCH3 is 2. The van der Waals surface area contributed by atoms with E-state index in [1.54, 1.807) is 14.2 Å². The Bertz CT molecular complexity index is 659. The summed E-state index contributed by atoms with van der Waals surface area (Å²) < 4.78 is 17.1. The zero-order valence-electron chi connectivity index (χ0n) is 17.2. The molecule has 0 unspecified atom stereocenters. The van der Waals surface area contributed by atoms with Gasteiger partial charge in [-0.25, -0.2) is 0 Å². The molecule has 0 aliphatic rings. The van der Waals surface area contributed by atoms with Gasteiger partial charge in [0.05, 0.1) is 20.8 Å². The van der Waals surface area contributed by atoms with Crippen LogP contribution in [-0.4, -0.2) is 29.1 Å². The lowest BCUT2D eigenvalue weighted by Gasteiger charge is -2.27. The van der Waals surface area contributed by atoms with Gasteiger partial charge in [0.1, 0.15) is 11.5 Å². The van der Waals surface area contributed by atoms with E-state index in [0.29, 0.717) is 6.61 Å². The highest BCUT2D eigenvalue weighted by molar-refractivity contribution is 6.73. The molecule has 0 aliphatic heterocycles. The summed E-state index contributed by atoms with van der Waals surface area (Å²) in [5, 5.41) is 0. The highest BCUT2D eigenvalue weighted by Crippen LogP contribution is 2.28. The zero-order valence-corrected chi connectivity index (χ0v) is 18.2. The first kappa shape index (κ1) is 21.3. The van der Waals surface area contributed by atoms with E-state index < -0.39 is 8.32 Å². The summed E-state index contributed by atoms with van der Waals surface area (Å²) >= 11 is 0. The Balaban J connectivity index is 2.32. The number of hydrogen-bond donors (Lipinski definition) is 0. The van der Waals surface area contributed by atoms with Crippen LogP contribution in [0, 0.1) is 0 Å². The van der Waals surface area contributed by atoms with Gasteiger partial charge >= 0.3 is 0 Å². The minimum Gasteiger partial charge on any atom is -0.497 e. The highest BCUT2D eigenvalue weighted by atomic mass is 28.4. The molecule has 0 N–H and O–H groups in total. The lowest BCUT2D eigenvalue weighted by Crippen LogP contribution is -2.35. The minimum atomic E-state index is -1.60. The molecule has 0 saturated carbocycles. The molecule has 0 aromatic heterocycles. The predicted molar refractivity (Wildman–Crippen MR) is 116 cm³/mol. The largest absolute Gasteiger partial charge is 0.497 e. The van der Waals surface area contributed by atoms with Crippen molar-refractivity contribution in [1.29, 1.82) is 0 Å². The third-order valence-corrected chi connectivity index (χ3v) is 10.1. The van der Waals surface area contributed by atoms with Crippen molar-refractivity contribution in [2.24, 2.45) is 0 Å². The predicted octanol–water partition coefficient (Wildman–Crippen LogP) is 6.16. The van der Waals surface area contributed by atoms with Gasteiger partial charge in [-0.1, -0.05) is 51.1 Å². The smallest absolute Gasteiger partial charge is 0.192 e. The van der Waals surface area contributed by atoms with Crippen molar-refractivity contribution in [1.82, 2.24) is 0 Å². The maximum atomic E-state index is 6.45. The molecule has 0 spiro atoms. The van der Waals surface area contributed by atoms with Crippen molar-refractivity contribution >= 4 is 13.9 Å². The van der Waals surface area contributed by atoms with Gasteiger partial charge in [0.15, 0.2) is 8.32 Å². The molecule has 2 rings (SSSR count). The SMILES string of the molecule is CC[Si](CC)(CC)OCC=C(c1ccc(OC)cc1)c1ccc(OC)cc1. The van der Waals surface area contributed by atoms with Gasteiger partial charge in [-0.05, 0) is 59.1 Å². The van der Waals surface area contributed by atoms with E-state index in [0.717, 1.165) is 40.8 Å². The lowest BCUT2D eigenvalue weighted by molar-refractivity contribution is 0.343. The Morgan fingerprint density at radius 3 is 1.48 bits per heavy atom. The second-order valence-corrected chi connectivity index (χ2v) is 11.4. The molecule has 0 atom stereocenters. The van der Waals surface area contributed by atoms with E-state index >= 15 is 0 Å². The van der Waals surface area contributed by atoms with Gasteiger partial charge in [0, 0.05) is 0 Å². The van der Waals surface area contributed by atoms with E-state index in [4.69, 9.17) is 13.9 Å². The van der Waals surface area contributed by atoms with Crippen LogP contribution in [0.2, 0.25) is 18.1 Å². The molecule has 27 heavy (non-hydrogen) atoms. The van der Waals surface area contributed by atoms with E-state index in [2.05, 4.69) is 51.1 Å². The molecule has 2 aromatic rings. The first-order valence-electron chi connectivity index (χ1n) is 9.74. The standard InChI is InChI=1S/C23H32O3Si/c1-6-27(7-2,8-3)26-18-17-23(19-9-13-21(24-4)14-10-19)20-11-15-22(25-5)16-12-20/h9-17H,6-8,18H2,1-5H3. The number of benzene rings is 2. The molecule has 4 heteroatoms. The van der Waals surface area contributed by atoms with Crippen LogP contribution in [0.25, 0.3) is 5.57 Å². The second-order valence-electron chi connectivity index (χ2n) is 6.63. The van der Waals surface area contributed by atoms with E-state index in [-0.39, 0.29) is 0 Å². The fraction of sp³-hybridized carbons (Fsp3) is 0.391. The van der Waals surface area contributed by atoms with Crippen LogP contribution in [-0.2, 0) is 4.43 Å². The summed E-state index contributed by atoms with van der Waals surface area (Å²) in [6.07, 6.45) is 2.21. The summed E-state index contributed by atoms with van der Waals surface area (Å²) in [5.74, 6) is 1.72. The summed E-state index contributed by atoms with van der Waals surface area (Å²) in [6, 6.07) is 19.9. The molecule has 0 aliphatic carbocycles. The number of hydrogen-bond acceptors (Lipinski definition) is 3. The summed E-state index contributed by atoms with van der Waals surface area (Å²) in [7, 11) is 1.78. The van der Waals surface area contributed by atoms with Gasteiger partial charge in [-0.2, -0.15) is 0 Å². The van der Waals surface area contributed by atoms with Crippen molar-refractivity contribution < 1.29 is 13.9 Å². The summed E-state index contributed by atoms with van der Waals surface area (Å²) in [6.45, 7) is 7.43. The number of ether oxygens (including phenoxy) is 2. The Kier molecular flexibility index (Phi) is 8.14. The second kappa shape index (κ2) is 10.3. The fourth-order valence-corrected chi connectivity index (χ4v) is 5.85. The monoisotopic (exact) mass is 384 g/mol. The first-order valence-corrected chi connectivity index (χ1v) is 12.3. The van der Waals surface area contributed by atoms with Gasteiger partial charge in [0.2, 0.25) is 0 Å². The lowest BCUT2D eigenvalue weighted by atomic mass is 9.97. The summed E-state index contributed by atoms with van der Waals surface area (Å²) in [5.41, 5.74) is 3.48. The summed E-state index contributed by atoms with van der Waals surface area (Å²) in [4.78, 5) is 0. The van der Waals surface area contributed by atoms with Gasteiger partial charge in [-0.3, -0.25) is 0 Å². The molecule has 0 radical (unpaired) electrons. The molecular formula is C23H32O3Si. The van der Waals surface area contributed by atoms with Crippen molar-refractivity contribution in [2.45, 2.75) is 38.9 Å².